The maximum atomic E-state index is 13.7. The van der Waals surface area contributed by atoms with Gasteiger partial charge in [0.1, 0.15) is 18.2 Å². The summed E-state index contributed by atoms with van der Waals surface area (Å²) in [5.41, 5.74) is 5.10. The summed E-state index contributed by atoms with van der Waals surface area (Å²) in [7, 11) is 3.80. The fraction of sp³-hybridized carbons (Fsp3) is 0.294. The van der Waals surface area contributed by atoms with Crippen LogP contribution in [0.4, 0.5) is 4.39 Å². The molecule has 39 heavy (non-hydrogen) atoms. The fourth-order valence-corrected chi connectivity index (χ4v) is 5.51. The standard InChI is InChI=1S/C34H37FN2O2/c1-24-21-34(22-24,27-11-7-6-8-12-27)32-20-30(14-15-31(32)33(38)16-17-37(4)5)39-23-29(36-3)18-25(2)26-10-9-13-28(35)19-26/h6-9,11-20,24H,3,10,21-23H2,1-2,4-5H3/b17-16+,26-25+,29-18-. The maximum absolute atomic E-state index is 13.7. The van der Waals surface area contributed by atoms with Gasteiger partial charge in [-0.25, -0.2) is 4.39 Å². The van der Waals surface area contributed by atoms with E-state index in [2.05, 4.69) is 42.9 Å². The molecular formula is C34H37FN2O2. The summed E-state index contributed by atoms with van der Waals surface area (Å²) in [4.78, 5) is 19.4. The van der Waals surface area contributed by atoms with Crippen molar-refractivity contribution in [2.45, 2.75) is 38.5 Å². The van der Waals surface area contributed by atoms with Gasteiger partial charge in [0.25, 0.3) is 0 Å². The van der Waals surface area contributed by atoms with Gasteiger partial charge in [0, 0.05) is 37.3 Å². The molecule has 202 valence electrons. The Balaban J connectivity index is 1.68. The van der Waals surface area contributed by atoms with Gasteiger partial charge in [-0.2, -0.15) is 0 Å². The van der Waals surface area contributed by atoms with Crippen LogP contribution in [0, 0.1) is 5.92 Å². The summed E-state index contributed by atoms with van der Waals surface area (Å²) in [6, 6.07) is 16.2. The number of aliphatic imine (C=N–C) groups is 1. The van der Waals surface area contributed by atoms with Crippen molar-refractivity contribution in [3.63, 3.8) is 0 Å². The molecule has 2 aromatic carbocycles. The first kappa shape index (κ1) is 28.0. The van der Waals surface area contributed by atoms with Crippen molar-refractivity contribution in [1.29, 1.82) is 0 Å². The van der Waals surface area contributed by atoms with Crippen LogP contribution in [0.1, 0.15) is 54.6 Å². The molecule has 0 radical (unpaired) electrons. The van der Waals surface area contributed by atoms with Crippen LogP contribution in [-0.2, 0) is 5.41 Å². The summed E-state index contributed by atoms with van der Waals surface area (Å²) < 4.78 is 19.9. The lowest BCUT2D eigenvalue weighted by molar-refractivity contribution is 0.103. The maximum Gasteiger partial charge on any atom is 0.187 e. The number of rotatable bonds is 10. The number of carbonyl (C=O) groups is 1. The van der Waals surface area contributed by atoms with Crippen LogP contribution >= 0.6 is 0 Å². The predicted octanol–water partition coefficient (Wildman–Crippen LogP) is 7.75. The molecule has 1 fully saturated rings. The van der Waals surface area contributed by atoms with E-state index >= 15 is 0 Å². The molecule has 1 saturated carbocycles. The molecule has 2 aliphatic rings. The lowest BCUT2D eigenvalue weighted by atomic mass is 9.55. The van der Waals surface area contributed by atoms with E-state index < -0.39 is 0 Å². The van der Waals surface area contributed by atoms with Crippen molar-refractivity contribution in [2.24, 2.45) is 10.9 Å². The summed E-state index contributed by atoms with van der Waals surface area (Å²) >= 11 is 0. The minimum atomic E-state index is -0.256. The summed E-state index contributed by atoms with van der Waals surface area (Å²) in [6.07, 6.45) is 12.7. The van der Waals surface area contributed by atoms with Crippen molar-refractivity contribution >= 4 is 12.5 Å². The highest BCUT2D eigenvalue weighted by molar-refractivity contribution is 6.06. The molecule has 0 amide bonds. The zero-order valence-electron chi connectivity index (χ0n) is 23.3. The van der Waals surface area contributed by atoms with E-state index in [4.69, 9.17) is 4.74 Å². The first-order valence-electron chi connectivity index (χ1n) is 13.3. The number of hydrogen-bond acceptors (Lipinski definition) is 4. The summed E-state index contributed by atoms with van der Waals surface area (Å²) in [6.45, 7) is 8.10. The molecule has 0 heterocycles. The van der Waals surface area contributed by atoms with Gasteiger partial charge in [0.05, 0.1) is 5.70 Å². The molecular weight excluding hydrogens is 487 g/mol. The molecule has 4 rings (SSSR count). The molecule has 0 spiro atoms. The molecule has 5 heteroatoms. The second kappa shape index (κ2) is 12.2. The topological polar surface area (TPSA) is 41.9 Å². The number of nitrogens with zero attached hydrogens (tertiary/aromatic N) is 2. The summed E-state index contributed by atoms with van der Waals surface area (Å²) in [5.74, 6) is 0.935. The quantitative estimate of drug-likeness (QED) is 0.181. The number of benzene rings is 2. The van der Waals surface area contributed by atoms with Crippen molar-refractivity contribution < 1.29 is 13.9 Å². The largest absolute Gasteiger partial charge is 0.487 e. The van der Waals surface area contributed by atoms with Crippen LogP contribution in [-0.4, -0.2) is 38.1 Å². The monoisotopic (exact) mass is 524 g/mol. The van der Waals surface area contributed by atoms with Gasteiger partial charge < -0.3 is 9.64 Å². The zero-order valence-corrected chi connectivity index (χ0v) is 23.3. The second-order valence-electron chi connectivity index (χ2n) is 10.7. The minimum Gasteiger partial charge on any atom is -0.487 e. The fourth-order valence-electron chi connectivity index (χ4n) is 5.51. The predicted molar refractivity (Wildman–Crippen MR) is 158 cm³/mol. The van der Waals surface area contributed by atoms with Gasteiger partial charge in [0.2, 0.25) is 0 Å². The van der Waals surface area contributed by atoms with Gasteiger partial charge in [-0.1, -0.05) is 43.3 Å². The van der Waals surface area contributed by atoms with Gasteiger partial charge >= 0.3 is 0 Å². The van der Waals surface area contributed by atoms with E-state index in [1.54, 1.807) is 18.4 Å². The lowest BCUT2D eigenvalue weighted by Crippen LogP contribution is -2.42. The normalized spacial score (nSPS) is 22.2. The third kappa shape index (κ3) is 6.54. The highest BCUT2D eigenvalue weighted by Gasteiger charge is 2.46. The Morgan fingerprint density at radius 1 is 1.21 bits per heavy atom. The van der Waals surface area contributed by atoms with Crippen LogP contribution in [0.3, 0.4) is 0 Å². The Bertz CT molecular complexity index is 1370. The molecule has 0 unspecified atom stereocenters. The molecule has 2 aliphatic carbocycles. The molecule has 0 N–H and O–H groups in total. The SMILES string of the molecule is C=N/C(=C\C(C)=C1\C=C(F)C=CC1)COc1ccc(C(=O)/C=C/N(C)C)c(C2(c3ccccc3)CC(C)C2)c1. The van der Waals surface area contributed by atoms with Crippen LogP contribution < -0.4 is 4.74 Å². The van der Waals surface area contributed by atoms with Crippen molar-refractivity contribution in [2.75, 3.05) is 20.7 Å². The number of hydrogen-bond donors (Lipinski definition) is 0. The van der Waals surface area contributed by atoms with E-state index in [0.717, 1.165) is 29.6 Å². The number of ketones is 1. The van der Waals surface area contributed by atoms with E-state index in [-0.39, 0.29) is 23.6 Å². The number of carbonyl (C=O) groups excluding carboxylic acids is 1. The van der Waals surface area contributed by atoms with Crippen LogP contribution in [0.2, 0.25) is 0 Å². The van der Waals surface area contributed by atoms with Crippen LogP contribution in [0.25, 0.3) is 0 Å². The van der Waals surface area contributed by atoms with Crippen LogP contribution in [0.15, 0.2) is 113 Å². The highest BCUT2D eigenvalue weighted by Crippen LogP contribution is 2.53. The Kier molecular flexibility index (Phi) is 8.80. The highest BCUT2D eigenvalue weighted by atomic mass is 19.1. The first-order valence-corrected chi connectivity index (χ1v) is 13.3. The zero-order chi connectivity index (χ0) is 28.0. The molecule has 0 aliphatic heterocycles. The lowest BCUT2D eigenvalue weighted by Gasteiger charge is -2.48. The third-order valence-electron chi connectivity index (χ3n) is 7.42. The smallest absolute Gasteiger partial charge is 0.187 e. The van der Waals surface area contributed by atoms with E-state index in [0.29, 0.717) is 29.3 Å². The van der Waals surface area contributed by atoms with Crippen molar-refractivity contribution in [3.05, 3.63) is 124 Å². The van der Waals surface area contributed by atoms with Crippen molar-refractivity contribution in [1.82, 2.24) is 4.90 Å². The average Bonchev–Trinajstić information content (AvgIpc) is 2.92. The van der Waals surface area contributed by atoms with E-state index in [1.807, 2.05) is 62.3 Å². The minimum absolute atomic E-state index is 0.0301. The Labute approximate surface area is 231 Å². The molecule has 0 aromatic heterocycles. The third-order valence-corrected chi connectivity index (χ3v) is 7.42. The van der Waals surface area contributed by atoms with Crippen LogP contribution in [0.5, 0.6) is 5.75 Å². The molecule has 0 atom stereocenters. The molecule has 4 nitrogen and oxygen atoms in total. The molecule has 0 bridgehead atoms. The molecule has 2 aromatic rings. The number of ether oxygens (including phenoxy) is 1. The van der Waals surface area contributed by atoms with Gasteiger partial charge in [-0.05, 0) is 97.5 Å². The van der Waals surface area contributed by atoms with Gasteiger partial charge in [-0.3, -0.25) is 9.79 Å². The van der Waals surface area contributed by atoms with Gasteiger partial charge in [-0.15, -0.1) is 0 Å². The Morgan fingerprint density at radius 2 is 1.95 bits per heavy atom. The van der Waals surface area contributed by atoms with Gasteiger partial charge in [0.15, 0.2) is 5.78 Å². The van der Waals surface area contributed by atoms with E-state index in [9.17, 15) is 9.18 Å². The summed E-state index contributed by atoms with van der Waals surface area (Å²) in [5, 5.41) is 0. The van der Waals surface area contributed by atoms with Crippen molar-refractivity contribution in [3.8, 4) is 5.75 Å². The van der Waals surface area contributed by atoms with E-state index in [1.165, 1.54) is 11.6 Å². The Morgan fingerprint density at radius 3 is 2.59 bits per heavy atom. The number of halogens is 1. The number of allylic oxidation sites excluding steroid dienone is 8. The first-order chi connectivity index (χ1) is 18.7. The average molecular weight is 525 g/mol. The second-order valence-corrected chi connectivity index (χ2v) is 10.7. The molecule has 0 saturated heterocycles. The Hall–Kier alpha value is -3.99.